The number of nitrogens with one attached hydrogen (secondary N) is 1. The first-order chi connectivity index (χ1) is 7.26. The standard InChI is InChI=1S/C12H16N2S/c1-10(11-3-2-8-15-11)14-9-12(4-5-12)6-7-13/h2-3,8,10,14H,4-6,9H2,1H3/t10-/m1/s1. The summed E-state index contributed by atoms with van der Waals surface area (Å²) in [6.45, 7) is 3.17. The van der Waals surface area contributed by atoms with Crippen LogP contribution in [0.2, 0.25) is 0 Å². The van der Waals surface area contributed by atoms with Crippen LogP contribution in [0.15, 0.2) is 17.5 Å². The van der Waals surface area contributed by atoms with Crippen LogP contribution in [0.3, 0.4) is 0 Å². The van der Waals surface area contributed by atoms with Crippen molar-refractivity contribution in [1.82, 2.24) is 5.32 Å². The van der Waals surface area contributed by atoms with E-state index in [-0.39, 0.29) is 0 Å². The van der Waals surface area contributed by atoms with Crippen molar-refractivity contribution in [1.29, 1.82) is 5.26 Å². The molecular weight excluding hydrogens is 204 g/mol. The van der Waals surface area contributed by atoms with Crippen molar-refractivity contribution >= 4 is 11.3 Å². The minimum absolute atomic E-state index is 0.306. The van der Waals surface area contributed by atoms with Crippen LogP contribution in [0.4, 0.5) is 0 Å². The smallest absolute Gasteiger partial charge is 0.0628 e. The normalized spacial score (nSPS) is 19.5. The van der Waals surface area contributed by atoms with Crippen molar-refractivity contribution in [3.05, 3.63) is 22.4 Å². The fraction of sp³-hybridized carbons (Fsp3) is 0.583. The number of nitrogens with zero attached hydrogens (tertiary/aromatic N) is 1. The third-order valence-corrected chi connectivity index (χ3v) is 4.22. The van der Waals surface area contributed by atoms with Crippen molar-refractivity contribution in [2.24, 2.45) is 5.41 Å². The summed E-state index contributed by atoms with van der Waals surface area (Å²) in [7, 11) is 0. The van der Waals surface area contributed by atoms with E-state index in [0.717, 1.165) is 6.54 Å². The van der Waals surface area contributed by atoms with Crippen molar-refractivity contribution in [2.45, 2.75) is 32.2 Å². The Bertz CT molecular complexity index is 346. The van der Waals surface area contributed by atoms with Gasteiger partial charge in [0.2, 0.25) is 0 Å². The summed E-state index contributed by atoms with van der Waals surface area (Å²) in [5.41, 5.74) is 0.306. The number of hydrogen-bond donors (Lipinski definition) is 1. The molecule has 0 bridgehead atoms. The highest BCUT2D eigenvalue weighted by atomic mass is 32.1. The first kappa shape index (κ1) is 10.7. The monoisotopic (exact) mass is 220 g/mol. The summed E-state index contributed by atoms with van der Waals surface area (Å²) in [4.78, 5) is 1.38. The van der Waals surface area contributed by atoms with E-state index in [2.05, 4.69) is 35.8 Å². The Balaban J connectivity index is 1.81. The molecule has 2 nitrogen and oxygen atoms in total. The minimum atomic E-state index is 0.306. The molecule has 2 rings (SSSR count). The van der Waals surface area contributed by atoms with Gasteiger partial charge in [0, 0.05) is 23.9 Å². The second-order valence-corrected chi connectivity index (χ2v) is 5.43. The molecule has 1 aliphatic carbocycles. The Morgan fingerprint density at radius 1 is 1.67 bits per heavy atom. The van der Waals surface area contributed by atoms with Gasteiger partial charge >= 0.3 is 0 Å². The predicted octanol–water partition coefficient (Wildman–Crippen LogP) is 3.09. The zero-order valence-electron chi connectivity index (χ0n) is 8.99. The molecule has 0 radical (unpaired) electrons. The lowest BCUT2D eigenvalue weighted by Gasteiger charge is -2.16. The molecule has 1 aromatic rings. The van der Waals surface area contributed by atoms with Gasteiger partial charge in [-0.1, -0.05) is 6.07 Å². The van der Waals surface area contributed by atoms with Crippen molar-refractivity contribution in [2.75, 3.05) is 6.54 Å². The molecule has 1 aliphatic rings. The van der Waals surface area contributed by atoms with E-state index in [1.165, 1.54) is 17.7 Å². The second-order valence-electron chi connectivity index (χ2n) is 4.45. The molecule has 0 amide bonds. The van der Waals surface area contributed by atoms with Crippen LogP contribution < -0.4 is 5.32 Å². The number of rotatable bonds is 5. The van der Waals surface area contributed by atoms with Crippen molar-refractivity contribution in [3.63, 3.8) is 0 Å². The van der Waals surface area contributed by atoms with Crippen LogP contribution in [0.5, 0.6) is 0 Å². The molecule has 0 saturated heterocycles. The lowest BCUT2D eigenvalue weighted by Crippen LogP contribution is -2.26. The van der Waals surface area contributed by atoms with Crippen molar-refractivity contribution < 1.29 is 0 Å². The molecule has 1 saturated carbocycles. The van der Waals surface area contributed by atoms with E-state index >= 15 is 0 Å². The lowest BCUT2D eigenvalue weighted by molar-refractivity contribution is 0.435. The first-order valence-corrected chi connectivity index (χ1v) is 6.27. The molecule has 1 atom stereocenters. The number of nitriles is 1. The SMILES string of the molecule is C[C@@H](NCC1(CC#N)CC1)c1cccs1. The van der Waals surface area contributed by atoms with E-state index in [4.69, 9.17) is 5.26 Å². The van der Waals surface area contributed by atoms with Crippen LogP contribution in [0, 0.1) is 16.7 Å². The van der Waals surface area contributed by atoms with E-state index < -0.39 is 0 Å². The third kappa shape index (κ3) is 2.58. The van der Waals surface area contributed by atoms with Gasteiger partial charge in [0.1, 0.15) is 0 Å². The quantitative estimate of drug-likeness (QED) is 0.827. The van der Waals surface area contributed by atoms with Gasteiger partial charge in [-0.15, -0.1) is 11.3 Å². The van der Waals surface area contributed by atoms with Crippen LogP contribution in [-0.2, 0) is 0 Å². The summed E-state index contributed by atoms with van der Waals surface area (Å²) in [5, 5.41) is 14.4. The highest BCUT2D eigenvalue weighted by molar-refractivity contribution is 7.10. The summed E-state index contributed by atoms with van der Waals surface area (Å²) in [5.74, 6) is 0. The Kier molecular flexibility index (Phi) is 3.08. The Morgan fingerprint density at radius 3 is 3.00 bits per heavy atom. The van der Waals surface area contributed by atoms with Crippen LogP contribution in [-0.4, -0.2) is 6.54 Å². The molecule has 80 valence electrons. The molecular formula is C12H16N2S. The maximum Gasteiger partial charge on any atom is 0.0628 e. The van der Waals surface area contributed by atoms with Gasteiger partial charge in [0.05, 0.1) is 6.07 Å². The number of thiophene rings is 1. The molecule has 1 aromatic heterocycles. The second kappa shape index (κ2) is 4.34. The molecule has 1 N–H and O–H groups in total. The zero-order chi connectivity index (χ0) is 10.7. The predicted molar refractivity (Wildman–Crippen MR) is 62.6 cm³/mol. The number of hydrogen-bond acceptors (Lipinski definition) is 3. The van der Waals surface area contributed by atoms with Gasteiger partial charge in [-0.3, -0.25) is 0 Å². The molecule has 1 heterocycles. The Morgan fingerprint density at radius 2 is 2.47 bits per heavy atom. The van der Waals surface area contributed by atoms with Gasteiger partial charge in [0.15, 0.2) is 0 Å². The minimum Gasteiger partial charge on any atom is -0.309 e. The van der Waals surface area contributed by atoms with Gasteiger partial charge in [-0.2, -0.15) is 5.26 Å². The Hall–Kier alpha value is -0.850. The maximum absolute atomic E-state index is 8.72. The summed E-state index contributed by atoms with van der Waals surface area (Å²) in [6, 6.07) is 6.95. The molecule has 1 fully saturated rings. The van der Waals surface area contributed by atoms with E-state index in [0.29, 0.717) is 17.9 Å². The van der Waals surface area contributed by atoms with Gasteiger partial charge < -0.3 is 5.32 Å². The zero-order valence-corrected chi connectivity index (χ0v) is 9.81. The highest BCUT2D eigenvalue weighted by Gasteiger charge is 2.42. The fourth-order valence-corrected chi connectivity index (χ4v) is 2.53. The van der Waals surface area contributed by atoms with Crippen LogP contribution in [0.1, 0.15) is 37.1 Å². The third-order valence-electron chi connectivity index (χ3n) is 3.16. The fourth-order valence-electron chi connectivity index (χ4n) is 1.77. The van der Waals surface area contributed by atoms with Gasteiger partial charge in [-0.25, -0.2) is 0 Å². The molecule has 0 aliphatic heterocycles. The van der Waals surface area contributed by atoms with Crippen LogP contribution >= 0.6 is 11.3 Å². The molecule has 0 unspecified atom stereocenters. The molecule has 15 heavy (non-hydrogen) atoms. The van der Waals surface area contributed by atoms with E-state index in [1.54, 1.807) is 11.3 Å². The van der Waals surface area contributed by atoms with E-state index in [1.807, 2.05) is 0 Å². The van der Waals surface area contributed by atoms with Crippen LogP contribution in [0.25, 0.3) is 0 Å². The maximum atomic E-state index is 8.72. The van der Waals surface area contributed by atoms with Gasteiger partial charge in [-0.05, 0) is 36.6 Å². The average Bonchev–Trinajstić information content (AvgIpc) is 2.81. The largest absolute Gasteiger partial charge is 0.309 e. The highest BCUT2D eigenvalue weighted by Crippen LogP contribution is 2.48. The van der Waals surface area contributed by atoms with E-state index in [9.17, 15) is 0 Å². The molecule has 0 spiro atoms. The van der Waals surface area contributed by atoms with Crippen molar-refractivity contribution in [3.8, 4) is 6.07 Å². The summed E-state index contributed by atoms with van der Waals surface area (Å²) in [6.07, 6.45) is 3.13. The topological polar surface area (TPSA) is 35.8 Å². The molecule has 0 aromatic carbocycles. The first-order valence-electron chi connectivity index (χ1n) is 5.39. The molecule has 3 heteroatoms. The summed E-state index contributed by atoms with van der Waals surface area (Å²) >= 11 is 1.79. The summed E-state index contributed by atoms with van der Waals surface area (Å²) < 4.78 is 0. The average molecular weight is 220 g/mol. The Labute approximate surface area is 94.9 Å². The lowest BCUT2D eigenvalue weighted by atomic mass is 10.0. The van der Waals surface area contributed by atoms with Gasteiger partial charge in [0.25, 0.3) is 0 Å².